The minimum Gasteiger partial charge on any atom is -0.377 e. The number of primary amides is 1. The van der Waals surface area contributed by atoms with Crippen molar-refractivity contribution in [3.05, 3.63) is 33.3 Å². The van der Waals surface area contributed by atoms with E-state index in [1.165, 1.54) is 18.2 Å². The lowest BCUT2D eigenvalue weighted by molar-refractivity contribution is -0.384. The maximum atomic E-state index is 11.4. The number of hydrogen-bond acceptors (Lipinski definition) is 5. The Labute approximate surface area is 114 Å². The van der Waals surface area contributed by atoms with Crippen molar-refractivity contribution in [2.45, 2.75) is 6.04 Å². The summed E-state index contributed by atoms with van der Waals surface area (Å²) in [5, 5.41) is 11.3. The second kappa shape index (κ2) is 5.41. The Morgan fingerprint density at radius 3 is 2.95 bits per heavy atom. The highest BCUT2D eigenvalue weighted by Crippen LogP contribution is 2.32. The molecule has 0 aromatic heterocycles. The smallest absolute Gasteiger partial charge is 0.294 e. The molecular formula is C11H12ClN3O4. The van der Waals surface area contributed by atoms with Crippen LogP contribution >= 0.6 is 11.6 Å². The molecule has 0 saturated carbocycles. The lowest BCUT2D eigenvalue weighted by Crippen LogP contribution is -2.52. The van der Waals surface area contributed by atoms with E-state index >= 15 is 0 Å². The van der Waals surface area contributed by atoms with Crippen LogP contribution in [0, 0.1) is 10.1 Å². The molecule has 0 spiro atoms. The highest BCUT2D eigenvalue weighted by molar-refractivity contribution is 6.30. The number of rotatable bonds is 3. The molecule has 2 rings (SSSR count). The molecular weight excluding hydrogens is 274 g/mol. The van der Waals surface area contributed by atoms with E-state index in [4.69, 9.17) is 22.1 Å². The zero-order chi connectivity index (χ0) is 14.0. The molecule has 0 radical (unpaired) electrons. The van der Waals surface area contributed by atoms with Crippen LogP contribution < -0.4 is 10.6 Å². The molecule has 1 amide bonds. The fourth-order valence-electron chi connectivity index (χ4n) is 2.01. The van der Waals surface area contributed by atoms with Crippen LogP contribution in [0.1, 0.15) is 0 Å². The van der Waals surface area contributed by atoms with Crippen molar-refractivity contribution >= 4 is 28.9 Å². The molecule has 1 aliphatic heterocycles. The van der Waals surface area contributed by atoms with E-state index in [9.17, 15) is 14.9 Å². The molecule has 1 unspecified atom stereocenters. The monoisotopic (exact) mass is 285 g/mol. The van der Waals surface area contributed by atoms with Crippen molar-refractivity contribution in [2.75, 3.05) is 24.7 Å². The second-order valence-corrected chi connectivity index (χ2v) is 4.51. The van der Waals surface area contributed by atoms with Gasteiger partial charge in [0.05, 0.1) is 18.1 Å². The normalized spacial score (nSPS) is 19.2. The molecule has 1 fully saturated rings. The molecule has 2 N–H and O–H groups in total. The largest absolute Gasteiger partial charge is 0.377 e. The van der Waals surface area contributed by atoms with Gasteiger partial charge in [-0.3, -0.25) is 14.9 Å². The van der Waals surface area contributed by atoms with E-state index in [1.807, 2.05) is 0 Å². The number of halogens is 1. The maximum absolute atomic E-state index is 11.4. The second-order valence-electron chi connectivity index (χ2n) is 4.08. The van der Waals surface area contributed by atoms with Gasteiger partial charge in [-0.05, 0) is 12.1 Å². The average molecular weight is 286 g/mol. The number of nitro benzene ring substituents is 1. The zero-order valence-electron chi connectivity index (χ0n) is 9.91. The molecule has 7 nitrogen and oxygen atoms in total. The van der Waals surface area contributed by atoms with Gasteiger partial charge in [-0.25, -0.2) is 0 Å². The summed E-state index contributed by atoms with van der Waals surface area (Å²) in [6.45, 7) is 0.856. The van der Waals surface area contributed by atoms with Gasteiger partial charge in [-0.1, -0.05) is 11.6 Å². The van der Waals surface area contributed by atoms with Crippen LogP contribution in [0.15, 0.2) is 18.2 Å². The summed E-state index contributed by atoms with van der Waals surface area (Å²) in [5.41, 5.74) is 5.46. The van der Waals surface area contributed by atoms with Crippen LogP contribution in [-0.4, -0.2) is 36.6 Å². The third kappa shape index (κ3) is 2.77. The Bertz CT molecular complexity index is 523. The molecule has 0 bridgehead atoms. The number of carbonyl (C=O) groups is 1. The fraction of sp³-hybridized carbons (Fsp3) is 0.364. The molecule has 0 aliphatic carbocycles. The summed E-state index contributed by atoms with van der Waals surface area (Å²) in [6.07, 6.45) is 0. The molecule has 1 heterocycles. The number of amides is 1. The fourth-order valence-corrected chi connectivity index (χ4v) is 2.18. The molecule has 1 saturated heterocycles. The molecule has 8 heteroatoms. The summed E-state index contributed by atoms with van der Waals surface area (Å²) in [7, 11) is 0. The molecule has 1 atom stereocenters. The first kappa shape index (κ1) is 13.6. The van der Waals surface area contributed by atoms with E-state index in [1.54, 1.807) is 4.90 Å². The number of nitro groups is 1. The van der Waals surface area contributed by atoms with Crippen LogP contribution in [0.5, 0.6) is 0 Å². The van der Waals surface area contributed by atoms with Gasteiger partial charge in [0.1, 0.15) is 11.7 Å². The third-order valence-corrected chi connectivity index (χ3v) is 3.14. The first-order valence-electron chi connectivity index (χ1n) is 5.58. The summed E-state index contributed by atoms with van der Waals surface area (Å²) in [4.78, 5) is 23.5. The van der Waals surface area contributed by atoms with Crippen molar-refractivity contribution in [3.8, 4) is 0 Å². The number of benzene rings is 1. The van der Waals surface area contributed by atoms with E-state index in [0.29, 0.717) is 18.8 Å². The van der Waals surface area contributed by atoms with Gasteiger partial charge in [0, 0.05) is 17.6 Å². The van der Waals surface area contributed by atoms with Gasteiger partial charge in [-0.15, -0.1) is 0 Å². The van der Waals surface area contributed by atoms with E-state index in [-0.39, 0.29) is 17.3 Å². The molecule has 102 valence electrons. The van der Waals surface area contributed by atoms with Crippen molar-refractivity contribution in [1.29, 1.82) is 0 Å². The highest BCUT2D eigenvalue weighted by atomic mass is 35.5. The van der Waals surface area contributed by atoms with Crippen molar-refractivity contribution in [1.82, 2.24) is 0 Å². The third-order valence-electron chi connectivity index (χ3n) is 2.90. The van der Waals surface area contributed by atoms with Gasteiger partial charge in [0.25, 0.3) is 5.69 Å². The Kier molecular flexibility index (Phi) is 3.87. The van der Waals surface area contributed by atoms with Crippen molar-refractivity contribution in [2.24, 2.45) is 5.73 Å². The Morgan fingerprint density at radius 1 is 1.58 bits per heavy atom. The molecule has 19 heavy (non-hydrogen) atoms. The standard InChI is InChI=1S/C11H12ClN3O4/c12-7-1-2-8(9(5-7)15(17)18)14-3-4-19-6-10(14)11(13)16/h1-2,5,10H,3-4,6H2,(H2,13,16). The average Bonchev–Trinajstić information content (AvgIpc) is 2.38. The predicted molar refractivity (Wildman–Crippen MR) is 69.3 cm³/mol. The minimum atomic E-state index is -0.714. The SMILES string of the molecule is NC(=O)C1COCCN1c1ccc(Cl)cc1[N+](=O)[O-]. The number of nitrogens with two attached hydrogens (primary N) is 1. The predicted octanol–water partition coefficient (Wildman–Crippen LogP) is 0.939. The lowest BCUT2D eigenvalue weighted by atomic mass is 10.1. The number of carbonyl (C=O) groups excluding carboxylic acids is 1. The van der Waals surface area contributed by atoms with Gasteiger partial charge < -0.3 is 15.4 Å². The molecule has 1 aromatic rings. The first-order valence-corrected chi connectivity index (χ1v) is 5.96. The highest BCUT2D eigenvalue weighted by Gasteiger charge is 2.32. The van der Waals surface area contributed by atoms with Gasteiger partial charge in [0.15, 0.2) is 0 Å². The Balaban J connectivity index is 2.44. The lowest BCUT2D eigenvalue weighted by Gasteiger charge is -2.34. The first-order chi connectivity index (χ1) is 9.00. The van der Waals surface area contributed by atoms with Gasteiger partial charge in [-0.2, -0.15) is 0 Å². The van der Waals surface area contributed by atoms with Crippen LogP contribution in [-0.2, 0) is 9.53 Å². The van der Waals surface area contributed by atoms with Crippen LogP contribution in [0.2, 0.25) is 5.02 Å². The van der Waals surface area contributed by atoms with Crippen molar-refractivity contribution in [3.63, 3.8) is 0 Å². The van der Waals surface area contributed by atoms with E-state index < -0.39 is 16.9 Å². The van der Waals surface area contributed by atoms with Crippen LogP contribution in [0.3, 0.4) is 0 Å². The Hall–Kier alpha value is -1.86. The van der Waals surface area contributed by atoms with Gasteiger partial charge in [0.2, 0.25) is 5.91 Å². The van der Waals surface area contributed by atoms with Crippen LogP contribution in [0.25, 0.3) is 0 Å². The molecule has 1 aliphatic rings. The van der Waals surface area contributed by atoms with Crippen LogP contribution in [0.4, 0.5) is 11.4 Å². The number of ether oxygens (including phenoxy) is 1. The Morgan fingerprint density at radius 2 is 2.32 bits per heavy atom. The summed E-state index contributed by atoms with van der Waals surface area (Å²) in [5.74, 6) is -0.580. The van der Waals surface area contributed by atoms with E-state index in [0.717, 1.165) is 0 Å². The van der Waals surface area contributed by atoms with Gasteiger partial charge >= 0.3 is 0 Å². The molecule has 1 aromatic carbocycles. The summed E-state index contributed by atoms with van der Waals surface area (Å²) < 4.78 is 5.18. The number of anilines is 1. The summed E-state index contributed by atoms with van der Waals surface area (Å²) in [6, 6.07) is 3.59. The number of morpholine rings is 1. The maximum Gasteiger partial charge on any atom is 0.294 e. The number of hydrogen-bond donors (Lipinski definition) is 1. The summed E-state index contributed by atoms with van der Waals surface area (Å²) >= 11 is 5.76. The van der Waals surface area contributed by atoms with E-state index in [2.05, 4.69) is 0 Å². The zero-order valence-corrected chi connectivity index (χ0v) is 10.7. The quantitative estimate of drug-likeness (QED) is 0.658. The minimum absolute atomic E-state index is 0.120. The number of nitrogens with zero attached hydrogens (tertiary/aromatic N) is 2. The van der Waals surface area contributed by atoms with Crippen molar-refractivity contribution < 1.29 is 14.5 Å². The topological polar surface area (TPSA) is 98.7 Å².